The number of H-pyrrole nitrogens is 1. The van der Waals surface area contributed by atoms with Crippen molar-refractivity contribution in [1.82, 2.24) is 14.9 Å². The number of rotatable bonds is 5. The Morgan fingerprint density at radius 3 is 2.71 bits per heavy atom. The van der Waals surface area contributed by atoms with Crippen molar-refractivity contribution in [3.05, 3.63) is 32.9 Å². The van der Waals surface area contributed by atoms with Gasteiger partial charge in [-0.3, -0.25) is 19.1 Å². The van der Waals surface area contributed by atoms with Crippen molar-refractivity contribution in [1.29, 1.82) is 0 Å². The first-order valence-electron chi connectivity index (χ1n) is 6.95. The van der Waals surface area contributed by atoms with Crippen molar-refractivity contribution in [3.8, 4) is 0 Å². The van der Waals surface area contributed by atoms with Gasteiger partial charge in [0.25, 0.3) is 5.56 Å². The van der Waals surface area contributed by atoms with Gasteiger partial charge < -0.3 is 10.4 Å². The summed E-state index contributed by atoms with van der Waals surface area (Å²) in [6.07, 6.45) is 5.73. The highest BCUT2D eigenvalue weighted by molar-refractivity contribution is 5.73. The highest BCUT2D eigenvalue weighted by atomic mass is 19.1. The minimum absolute atomic E-state index is 0.0863. The molecule has 0 spiro atoms. The van der Waals surface area contributed by atoms with Crippen LogP contribution in [0.3, 0.4) is 0 Å². The first-order valence-corrected chi connectivity index (χ1v) is 6.95. The van der Waals surface area contributed by atoms with Crippen LogP contribution in [0, 0.1) is 5.82 Å². The van der Waals surface area contributed by atoms with Gasteiger partial charge in [-0.05, 0) is 12.8 Å². The molecular formula is C13H18FN3O4. The van der Waals surface area contributed by atoms with Crippen molar-refractivity contribution in [2.45, 2.75) is 50.7 Å². The predicted molar refractivity (Wildman–Crippen MR) is 72.7 cm³/mol. The number of halogens is 1. The molecule has 21 heavy (non-hydrogen) atoms. The van der Waals surface area contributed by atoms with Crippen LogP contribution in [-0.2, 0) is 11.3 Å². The SMILES string of the molecule is O=C(O)[C@H](Cn1cc(F)c(=O)[nH]c1=O)NC1CCCCC1. The summed E-state index contributed by atoms with van der Waals surface area (Å²) in [5, 5.41) is 12.2. The minimum atomic E-state index is -1.11. The van der Waals surface area contributed by atoms with Crippen molar-refractivity contribution < 1.29 is 14.3 Å². The molecule has 116 valence electrons. The molecule has 0 aromatic carbocycles. The Kier molecular flexibility index (Phi) is 4.89. The van der Waals surface area contributed by atoms with Crippen LogP contribution in [-0.4, -0.2) is 32.7 Å². The van der Waals surface area contributed by atoms with E-state index in [2.05, 4.69) is 5.32 Å². The van der Waals surface area contributed by atoms with E-state index in [1.54, 1.807) is 0 Å². The number of carboxylic acids is 1. The van der Waals surface area contributed by atoms with Crippen molar-refractivity contribution in [3.63, 3.8) is 0 Å². The number of nitrogens with zero attached hydrogens (tertiary/aromatic N) is 1. The molecule has 0 radical (unpaired) electrons. The molecule has 8 heteroatoms. The lowest BCUT2D eigenvalue weighted by atomic mass is 9.95. The lowest BCUT2D eigenvalue weighted by Gasteiger charge is -2.26. The molecular weight excluding hydrogens is 281 g/mol. The van der Waals surface area contributed by atoms with E-state index < -0.39 is 29.1 Å². The smallest absolute Gasteiger partial charge is 0.328 e. The molecule has 1 heterocycles. The third-order valence-corrected chi connectivity index (χ3v) is 3.69. The van der Waals surface area contributed by atoms with E-state index in [1.807, 2.05) is 4.98 Å². The Morgan fingerprint density at radius 2 is 2.10 bits per heavy atom. The van der Waals surface area contributed by atoms with E-state index in [1.165, 1.54) is 0 Å². The van der Waals surface area contributed by atoms with Crippen LogP contribution in [0.2, 0.25) is 0 Å². The average molecular weight is 299 g/mol. The number of carbonyl (C=O) groups is 1. The van der Waals surface area contributed by atoms with Gasteiger partial charge in [0.1, 0.15) is 6.04 Å². The molecule has 2 rings (SSSR count). The van der Waals surface area contributed by atoms with Crippen LogP contribution in [0.4, 0.5) is 4.39 Å². The molecule has 0 aliphatic heterocycles. The van der Waals surface area contributed by atoms with E-state index in [4.69, 9.17) is 0 Å². The fourth-order valence-corrected chi connectivity index (χ4v) is 2.57. The molecule has 1 fully saturated rings. The van der Waals surface area contributed by atoms with Gasteiger partial charge in [-0.15, -0.1) is 0 Å². The zero-order valence-corrected chi connectivity index (χ0v) is 11.5. The summed E-state index contributed by atoms with van der Waals surface area (Å²) in [7, 11) is 0. The molecule has 1 atom stereocenters. The molecule has 0 unspecified atom stereocenters. The summed E-state index contributed by atoms with van der Waals surface area (Å²) in [6, 6.07) is -0.917. The van der Waals surface area contributed by atoms with E-state index in [0.29, 0.717) is 0 Å². The van der Waals surface area contributed by atoms with Crippen LogP contribution in [0.25, 0.3) is 0 Å². The second-order valence-corrected chi connectivity index (χ2v) is 5.28. The van der Waals surface area contributed by atoms with Gasteiger partial charge in [0.05, 0.1) is 12.7 Å². The van der Waals surface area contributed by atoms with E-state index >= 15 is 0 Å². The van der Waals surface area contributed by atoms with Gasteiger partial charge in [0.2, 0.25) is 5.82 Å². The Bertz CT molecular complexity index is 619. The highest BCUT2D eigenvalue weighted by Gasteiger charge is 2.24. The topological polar surface area (TPSA) is 104 Å². The summed E-state index contributed by atoms with van der Waals surface area (Å²) >= 11 is 0. The van der Waals surface area contributed by atoms with Crippen LogP contribution in [0.1, 0.15) is 32.1 Å². The van der Waals surface area contributed by atoms with Crippen LogP contribution in [0.5, 0.6) is 0 Å². The van der Waals surface area contributed by atoms with Gasteiger partial charge in [-0.2, -0.15) is 4.39 Å². The summed E-state index contributed by atoms with van der Waals surface area (Å²) in [5.41, 5.74) is -1.93. The zero-order chi connectivity index (χ0) is 15.4. The number of aromatic nitrogens is 2. The molecule has 1 aromatic rings. The summed E-state index contributed by atoms with van der Waals surface area (Å²) in [6.45, 7) is -0.238. The summed E-state index contributed by atoms with van der Waals surface area (Å²) in [4.78, 5) is 35.6. The molecule has 3 N–H and O–H groups in total. The normalized spacial score (nSPS) is 17.6. The highest BCUT2D eigenvalue weighted by Crippen LogP contribution is 2.18. The second kappa shape index (κ2) is 6.66. The van der Waals surface area contributed by atoms with Gasteiger partial charge in [-0.1, -0.05) is 19.3 Å². The molecule has 1 aliphatic carbocycles. The maximum atomic E-state index is 13.2. The Balaban J connectivity index is 2.12. The summed E-state index contributed by atoms with van der Waals surface area (Å²) in [5.74, 6) is -2.23. The molecule has 1 saturated carbocycles. The average Bonchev–Trinajstić information content (AvgIpc) is 2.44. The largest absolute Gasteiger partial charge is 0.480 e. The van der Waals surface area contributed by atoms with Crippen LogP contribution < -0.4 is 16.6 Å². The van der Waals surface area contributed by atoms with Crippen molar-refractivity contribution in [2.24, 2.45) is 0 Å². The standard InChI is InChI=1S/C13H18FN3O4/c14-9-6-17(13(21)16-11(9)18)7-10(12(19)20)15-8-4-2-1-3-5-8/h6,8,10,15H,1-5,7H2,(H,19,20)(H,16,18,21)/t10-/m0/s1. The Labute approximate surface area is 119 Å². The predicted octanol–water partition coefficient (Wildman–Crippen LogP) is 0.0512. The fourth-order valence-electron chi connectivity index (χ4n) is 2.57. The molecule has 7 nitrogen and oxygen atoms in total. The zero-order valence-electron chi connectivity index (χ0n) is 11.5. The van der Waals surface area contributed by atoms with E-state index in [0.717, 1.165) is 42.9 Å². The third kappa shape index (κ3) is 4.01. The Morgan fingerprint density at radius 1 is 1.43 bits per heavy atom. The number of aromatic amines is 1. The Hall–Kier alpha value is -1.96. The molecule has 0 saturated heterocycles. The minimum Gasteiger partial charge on any atom is -0.480 e. The number of hydrogen-bond donors (Lipinski definition) is 3. The van der Waals surface area contributed by atoms with E-state index in [9.17, 15) is 23.9 Å². The van der Waals surface area contributed by atoms with Gasteiger partial charge >= 0.3 is 11.7 Å². The first kappa shape index (κ1) is 15.4. The maximum absolute atomic E-state index is 13.2. The molecule has 1 aliphatic rings. The van der Waals surface area contributed by atoms with Crippen LogP contribution in [0.15, 0.2) is 15.8 Å². The fraction of sp³-hybridized carbons (Fsp3) is 0.615. The number of carboxylic acid groups (broad SMARTS) is 1. The molecule has 0 bridgehead atoms. The molecule has 1 aromatic heterocycles. The van der Waals surface area contributed by atoms with Crippen molar-refractivity contribution >= 4 is 5.97 Å². The van der Waals surface area contributed by atoms with Crippen molar-refractivity contribution in [2.75, 3.05) is 0 Å². The lowest BCUT2D eigenvalue weighted by Crippen LogP contribution is -2.48. The number of nitrogens with one attached hydrogen (secondary N) is 2. The van der Waals surface area contributed by atoms with Gasteiger partial charge in [0.15, 0.2) is 0 Å². The quantitative estimate of drug-likeness (QED) is 0.713. The summed E-state index contributed by atoms with van der Waals surface area (Å²) < 4.78 is 14.1. The maximum Gasteiger partial charge on any atom is 0.328 e. The second-order valence-electron chi connectivity index (χ2n) is 5.28. The van der Waals surface area contributed by atoms with Gasteiger partial charge in [-0.25, -0.2) is 4.79 Å². The van der Waals surface area contributed by atoms with Crippen LogP contribution >= 0.6 is 0 Å². The first-order chi connectivity index (χ1) is 9.97. The van der Waals surface area contributed by atoms with E-state index in [-0.39, 0.29) is 12.6 Å². The third-order valence-electron chi connectivity index (χ3n) is 3.69. The monoisotopic (exact) mass is 299 g/mol. The number of aliphatic carboxylic acids is 1. The van der Waals surface area contributed by atoms with Gasteiger partial charge in [0, 0.05) is 6.04 Å². The lowest BCUT2D eigenvalue weighted by molar-refractivity contribution is -0.140. The number of hydrogen-bond acceptors (Lipinski definition) is 4. The molecule has 0 amide bonds.